The van der Waals surface area contributed by atoms with Gasteiger partial charge in [-0.15, -0.1) is 0 Å². The molecule has 2 aromatic rings. The number of amides is 1. The Kier molecular flexibility index (Phi) is 4.41. The SMILES string of the molecule is COc1ccc(NC(C)=O)cc1NCc1ccsc1. The first kappa shape index (κ1) is 13.4. The zero-order chi connectivity index (χ0) is 13.7. The average molecular weight is 276 g/mol. The maximum absolute atomic E-state index is 11.1. The van der Waals surface area contributed by atoms with Gasteiger partial charge in [-0.25, -0.2) is 0 Å². The fourth-order valence-corrected chi connectivity index (χ4v) is 2.39. The van der Waals surface area contributed by atoms with Gasteiger partial charge in [0.2, 0.25) is 5.91 Å². The van der Waals surface area contributed by atoms with Gasteiger partial charge >= 0.3 is 0 Å². The number of nitrogens with one attached hydrogen (secondary N) is 2. The summed E-state index contributed by atoms with van der Waals surface area (Å²) in [4.78, 5) is 11.1. The average Bonchev–Trinajstić information content (AvgIpc) is 2.89. The van der Waals surface area contributed by atoms with E-state index < -0.39 is 0 Å². The number of thiophene rings is 1. The van der Waals surface area contributed by atoms with E-state index >= 15 is 0 Å². The van der Waals surface area contributed by atoms with Crippen LogP contribution in [0.2, 0.25) is 0 Å². The van der Waals surface area contributed by atoms with Crippen LogP contribution in [-0.4, -0.2) is 13.0 Å². The molecule has 0 unspecified atom stereocenters. The first-order valence-electron chi connectivity index (χ1n) is 5.89. The lowest BCUT2D eigenvalue weighted by atomic mass is 10.2. The Morgan fingerprint density at radius 2 is 2.21 bits per heavy atom. The zero-order valence-electron chi connectivity index (χ0n) is 10.9. The van der Waals surface area contributed by atoms with Crippen LogP contribution in [0, 0.1) is 0 Å². The number of benzene rings is 1. The monoisotopic (exact) mass is 276 g/mol. The van der Waals surface area contributed by atoms with E-state index in [1.165, 1.54) is 12.5 Å². The summed E-state index contributed by atoms with van der Waals surface area (Å²) in [6, 6.07) is 7.59. The molecule has 1 amide bonds. The minimum Gasteiger partial charge on any atom is -0.495 e. The number of carbonyl (C=O) groups is 1. The van der Waals surface area contributed by atoms with E-state index in [0.29, 0.717) is 0 Å². The maximum atomic E-state index is 11.1. The number of anilines is 2. The molecule has 0 radical (unpaired) electrons. The molecule has 0 fully saturated rings. The topological polar surface area (TPSA) is 50.4 Å². The Hall–Kier alpha value is -2.01. The second-order valence-electron chi connectivity index (χ2n) is 4.08. The number of rotatable bonds is 5. The van der Waals surface area contributed by atoms with Crippen molar-refractivity contribution < 1.29 is 9.53 Å². The molecule has 0 aliphatic heterocycles. The number of hydrogen-bond donors (Lipinski definition) is 2. The van der Waals surface area contributed by atoms with Crippen LogP contribution in [0.5, 0.6) is 5.75 Å². The van der Waals surface area contributed by atoms with Crippen LogP contribution >= 0.6 is 11.3 Å². The first-order chi connectivity index (χ1) is 9.19. The molecule has 2 N–H and O–H groups in total. The highest BCUT2D eigenvalue weighted by Crippen LogP contribution is 2.28. The van der Waals surface area contributed by atoms with Gasteiger partial charge in [0, 0.05) is 19.2 Å². The summed E-state index contributed by atoms with van der Waals surface area (Å²) in [6.45, 7) is 2.21. The second-order valence-corrected chi connectivity index (χ2v) is 4.86. The predicted octanol–water partition coefficient (Wildman–Crippen LogP) is 3.33. The Labute approximate surface area is 116 Å². The molecule has 0 saturated carbocycles. The van der Waals surface area contributed by atoms with E-state index in [9.17, 15) is 4.79 Å². The fraction of sp³-hybridized carbons (Fsp3) is 0.214. The van der Waals surface area contributed by atoms with E-state index in [1.54, 1.807) is 18.4 Å². The Bertz CT molecular complexity index is 553. The minimum atomic E-state index is -0.0889. The van der Waals surface area contributed by atoms with E-state index in [0.717, 1.165) is 23.7 Å². The van der Waals surface area contributed by atoms with Gasteiger partial charge in [0.1, 0.15) is 5.75 Å². The molecule has 0 bridgehead atoms. The molecular weight excluding hydrogens is 260 g/mol. The third-order valence-corrected chi connectivity index (χ3v) is 3.31. The highest BCUT2D eigenvalue weighted by Gasteiger charge is 2.05. The molecule has 100 valence electrons. The molecule has 1 aromatic heterocycles. The minimum absolute atomic E-state index is 0.0889. The lowest BCUT2D eigenvalue weighted by molar-refractivity contribution is -0.114. The smallest absolute Gasteiger partial charge is 0.221 e. The third-order valence-electron chi connectivity index (χ3n) is 2.58. The van der Waals surface area contributed by atoms with Gasteiger partial charge in [-0.1, -0.05) is 0 Å². The van der Waals surface area contributed by atoms with E-state index in [2.05, 4.69) is 22.1 Å². The van der Waals surface area contributed by atoms with Crippen molar-refractivity contribution in [2.24, 2.45) is 0 Å². The standard InChI is InChI=1S/C14H16N2O2S/c1-10(17)16-12-3-4-14(18-2)13(7-12)15-8-11-5-6-19-9-11/h3-7,9,15H,8H2,1-2H3,(H,16,17). The second kappa shape index (κ2) is 6.24. The van der Waals surface area contributed by atoms with Crippen molar-refractivity contribution in [1.29, 1.82) is 0 Å². The number of hydrogen-bond acceptors (Lipinski definition) is 4. The maximum Gasteiger partial charge on any atom is 0.221 e. The van der Waals surface area contributed by atoms with Gasteiger partial charge in [-0.05, 0) is 40.6 Å². The summed E-state index contributed by atoms with van der Waals surface area (Å²) >= 11 is 1.67. The lowest BCUT2D eigenvalue weighted by Crippen LogP contribution is -2.07. The van der Waals surface area contributed by atoms with Gasteiger partial charge in [-0.3, -0.25) is 4.79 Å². The number of ether oxygens (including phenoxy) is 1. The molecular formula is C14H16N2O2S. The van der Waals surface area contributed by atoms with Gasteiger partial charge in [0.15, 0.2) is 0 Å². The molecule has 4 nitrogen and oxygen atoms in total. The van der Waals surface area contributed by atoms with Crippen molar-refractivity contribution >= 4 is 28.6 Å². The van der Waals surface area contributed by atoms with E-state index in [1.807, 2.05) is 23.6 Å². The van der Waals surface area contributed by atoms with Gasteiger partial charge in [0.05, 0.1) is 12.8 Å². The van der Waals surface area contributed by atoms with Crippen LogP contribution < -0.4 is 15.4 Å². The molecule has 1 heterocycles. The zero-order valence-corrected chi connectivity index (χ0v) is 11.7. The van der Waals surface area contributed by atoms with Crippen molar-refractivity contribution in [2.45, 2.75) is 13.5 Å². The fourth-order valence-electron chi connectivity index (χ4n) is 1.72. The van der Waals surface area contributed by atoms with Crippen molar-refractivity contribution in [3.8, 4) is 5.75 Å². The summed E-state index contributed by atoms with van der Waals surface area (Å²) in [7, 11) is 1.63. The Morgan fingerprint density at radius 1 is 1.37 bits per heavy atom. The Morgan fingerprint density at radius 3 is 2.84 bits per heavy atom. The van der Waals surface area contributed by atoms with Crippen LogP contribution in [0.3, 0.4) is 0 Å². The van der Waals surface area contributed by atoms with Gasteiger partial charge in [0.25, 0.3) is 0 Å². The largest absolute Gasteiger partial charge is 0.495 e. The molecule has 0 saturated heterocycles. The molecule has 0 aliphatic rings. The third kappa shape index (κ3) is 3.72. The molecule has 5 heteroatoms. The molecule has 19 heavy (non-hydrogen) atoms. The number of carbonyl (C=O) groups excluding carboxylic acids is 1. The molecule has 0 aliphatic carbocycles. The summed E-state index contributed by atoms with van der Waals surface area (Å²) < 4.78 is 5.30. The van der Waals surface area contributed by atoms with Crippen LogP contribution in [0.1, 0.15) is 12.5 Å². The van der Waals surface area contributed by atoms with Crippen LogP contribution in [0.4, 0.5) is 11.4 Å². The van der Waals surface area contributed by atoms with Crippen molar-refractivity contribution in [3.63, 3.8) is 0 Å². The van der Waals surface area contributed by atoms with Gasteiger partial charge < -0.3 is 15.4 Å². The summed E-state index contributed by atoms with van der Waals surface area (Å²) in [5.41, 5.74) is 2.83. The predicted molar refractivity (Wildman–Crippen MR) is 78.9 cm³/mol. The van der Waals surface area contributed by atoms with Crippen LogP contribution in [0.25, 0.3) is 0 Å². The van der Waals surface area contributed by atoms with Crippen molar-refractivity contribution in [3.05, 3.63) is 40.6 Å². The van der Waals surface area contributed by atoms with E-state index in [4.69, 9.17) is 4.74 Å². The Balaban J connectivity index is 2.13. The van der Waals surface area contributed by atoms with Crippen molar-refractivity contribution in [1.82, 2.24) is 0 Å². The first-order valence-corrected chi connectivity index (χ1v) is 6.84. The van der Waals surface area contributed by atoms with E-state index in [-0.39, 0.29) is 5.91 Å². The molecule has 1 aromatic carbocycles. The van der Waals surface area contributed by atoms with Crippen LogP contribution in [0.15, 0.2) is 35.0 Å². The van der Waals surface area contributed by atoms with Gasteiger partial charge in [-0.2, -0.15) is 11.3 Å². The highest BCUT2D eigenvalue weighted by molar-refractivity contribution is 7.07. The van der Waals surface area contributed by atoms with Crippen molar-refractivity contribution in [2.75, 3.05) is 17.7 Å². The summed E-state index contributed by atoms with van der Waals surface area (Å²) in [5.74, 6) is 0.665. The van der Waals surface area contributed by atoms with Crippen LogP contribution in [-0.2, 0) is 11.3 Å². The quantitative estimate of drug-likeness (QED) is 0.880. The molecule has 0 atom stereocenters. The summed E-state index contributed by atoms with van der Waals surface area (Å²) in [5, 5.41) is 10.2. The highest BCUT2D eigenvalue weighted by atomic mass is 32.1. The molecule has 2 rings (SSSR count). The lowest BCUT2D eigenvalue weighted by Gasteiger charge is -2.12. The summed E-state index contributed by atoms with van der Waals surface area (Å²) in [6.07, 6.45) is 0. The normalized spacial score (nSPS) is 10.0. The molecule has 0 spiro atoms. The number of methoxy groups -OCH3 is 1.